The lowest BCUT2D eigenvalue weighted by atomic mass is 10.1. The number of aryl methyl sites for hydroxylation is 1. The monoisotopic (exact) mass is 298 g/mol. The molecule has 0 bridgehead atoms. The van der Waals surface area contributed by atoms with Crippen LogP contribution in [-0.4, -0.2) is 41.6 Å². The van der Waals surface area contributed by atoms with Crippen molar-refractivity contribution in [3.63, 3.8) is 0 Å². The summed E-state index contributed by atoms with van der Waals surface area (Å²) in [5.74, 6) is 1.29. The maximum atomic E-state index is 12.0. The first-order valence-corrected chi connectivity index (χ1v) is 7.25. The summed E-state index contributed by atoms with van der Waals surface area (Å²) in [6.07, 6.45) is 1.70. The summed E-state index contributed by atoms with van der Waals surface area (Å²) in [5, 5.41) is 0. The normalized spacial score (nSPS) is 14.3. The van der Waals surface area contributed by atoms with E-state index in [9.17, 15) is 4.79 Å². The van der Waals surface area contributed by atoms with Crippen LogP contribution in [0.5, 0.6) is 11.6 Å². The van der Waals surface area contributed by atoms with E-state index in [1.807, 2.05) is 49.4 Å². The van der Waals surface area contributed by atoms with Crippen LogP contribution < -0.4 is 9.47 Å². The molecule has 0 spiro atoms. The molecular formula is C17H18N2O3. The number of pyridine rings is 1. The number of rotatable bonds is 5. The molecule has 5 heteroatoms. The van der Waals surface area contributed by atoms with Crippen LogP contribution >= 0.6 is 0 Å². The quantitative estimate of drug-likeness (QED) is 0.848. The van der Waals surface area contributed by atoms with Crippen molar-refractivity contribution in [1.29, 1.82) is 0 Å². The molecule has 2 aromatic rings. The number of likely N-dealkylation sites (tertiary alicyclic amines) is 1. The smallest absolute Gasteiger partial charge is 0.260 e. The first-order valence-electron chi connectivity index (χ1n) is 7.25. The molecular weight excluding hydrogens is 280 g/mol. The second-order valence-electron chi connectivity index (χ2n) is 5.31. The van der Waals surface area contributed by atoms with Gasteiger partial charge in [-0.1, -0.05) is 18.2 Å². The minimum absolute atomic E-state index is 0.0119. The lowest BCUT2D eigenvalue weighted by Crippen LogP contribution is -2.57. The lowest BCUT2D eigenvalue weighted by Gasteiger charge is -2.38. The molecule has 1 aromatic heterocycles. The number of nitrogens with zero attached hydrogens (tertiary/aromatic N) is 2. The molecule has 1 aliphatic heterocycles. The average molecular weight is 298 g/mol. The van der Waals surface area contributed by atoms with E-state index in [2.05, 4.69) is 4.98 Å². The SMILES string of the molecule is Cc1cccc(OCC(=O)N2CC(Oc3ccccn3)C2)c1. The van der Waals surface area contributed by atoms with Crippen molar-refractivity contribution in [3.8, 4) is 11.6 Å². The van der Waals surface area contributed by atoms with E-state index in [1.54, 1.807) is 11.1 Å². The van der Waals surface area contributed by atoms with E-state index in [0.29, 0.717) is 19.0 Å². The largest absolute Gasteiger partial charge is 0.484 e. The Bertz CT molecular complexity index is 639. The number of amides is 1. The summed E-state index contributed by atoms with van der Waals surface area (Å²) in [7, 11) is 0. The summed E-state index contributed by atoms with van der Waals surface area (Å²) in [4.78, 5) is 17.8. The Balaban J connectivity index is 1.42. The van der Waals surface area contributed by atoms with Crippen molar-refractivity contribution < 1.29 is 14.3 Å². The minimum Gasteiger partial charge on any atom is -0.484 e. The average Bonchev–Trinajstić information content (AvgIpc) is 2.49. The second kappa shape index (κ2) is 6.47. The molecule has 0 radical (unpaired) electrons. The van der Waals surface area contributed by atoms with E-state index >= 15 is 0 Å². The van der Waals surface area contributed by atoms with Crippen molar-refractivity contribution in [2.45, 2.75) is 13.0 Å². The van der Waals surface area contributed by atoms with Crippen molar-refractivity contribution in [2.24, 2.45) is 0 Å². The van der Waals surface area contributed by atoms with Crippen molar-refractivity contribution in [2.75, 3.05) is 19.7 Å². The topological polar surface area (TPSA) is 51.7 Å². The number of carbonyl (C=O) groups excluding carboxylic acids is 1. The highest BCUT2D eigenvalue weighted by molar-refractivity contribution is 5.78. The van der Waals surface area contributed by atoms with Gasteiger partial charge in [0, 0.05) is 12.3 Å². The zero-order valence-corrected chi connectivity index (χ0v) is 12.4. The van der Waals surface area contributed by atoms with Gasteiger partial charge in [0.25, 0.3) is 5.91 Å². The van der Waals surface area contributed by atoms with Crippen molar-refractivity contribution in [3.05, 3.63) is 54.2 Å². The van der Waals surface area contributed by atoms with Gasteiger partial charge in [-0.3, -0.25) is 4.79 Å². The van der Waals surface area contributed by atoms with E-state index in [-0.39, 0.29) is 18.6 Å². The minimum atomic E-state index is -0.0256. The fourth-order valence-electron chi connectivity index (χ4n) is 2.25. The van der Waals surface area contributed by atoms with Gasteiger partial charge in [-0.05, 0) is 30.7 Å². The van der Waals surface area contributed by atoms with Crippen LogP contribution in [-0.2, 0) is 4.79 Å². The molecule has 114 valence electrons. The van der Waals surface area contributed by atoms with Gasteiger partial charge in [0.1, 0.15) is 11.9 Å². The zero-order chi connectivity index (χ0) is 15.4. The molecule has 0 saturated carbocycles. The van der Waals surface area contributed by atoms with Gasteiger partial charge in [-0.25, -0.2) is 4.98 Å². The van der Waals surface area contributed by atoms with Crippen molar-refractivity contribution >= 4 is 5.91 Å². The number of ether oxygens (including phenoxy) is 2. The highest BCUT2D eigenvalue weighted by Gasteiger charge is 2.32. The summed E-state index contributed by atoms with van der Waals surface area (Å²) in [5.41, 5.74) is 1.11. The molecule has 5 nitrogen and oxygen atoms in total. The van der Waals surface area contributed by atoms with Crippen LogP contribution in [0.4, 0.5) is 0 Å². The van der Waals surface area contributed by atoms with Gasteiger partial charge in [0.15, 0.2) is 6.61 Å². The third kappa shape index (κ3) is 3.55. The van der Waals surface area contributed by atoms with Crippen LogP contribution in [0.3, 0.4) is 0 Å². The van der Waals surface area contributed by atoms with Crippen LogP contribution in [0.15, 0.2) is 48.7 Å². The van der Waals surface area contributed by atoms with Gasteiger partial charge < -0.3 is 14.4 Å². The summed E-state index contributed by atoms with van der Waals surface area (Å²) in [6, 6.07) is 13.2. The standard InChI is InChI=1S/C17H18N2O3/c1-13-5-4-6-14(9-13)21-12-17(20)19-10-15(11-19)22-16-7-2-3-8-18-16/h2-9,15H,10-12H2,1H3. The van der Waals surface area contributed by atoms with Gasteiger partial charge in [-0.2, -0.15) is 0 Å². The number of carbonyl (C=O) groups is 1. The van der Waals surface area contributed by atoms with Gasteiger partial charge in [0.05, 0.1) is 13.1 Å². The Morgan fingerprint density at radius 1 is 1.27 bits per heavy atom. The van der Waals surface area contributed by atoms with Gasteiger partial charge in [-0.15, -0.1) is 0 Å². The maximum Gasteiger partial charge on any atom is 0.260 e. The zero-order valence-electron chi connectivity index (χ0n) is 12.4. The Morgan fingerprint density at radius 2 is 2.14 bits per heavy atom. The third-order valence-corrected chi connectivity index (χ3v) is 3.48. The summed E-state index contributed by atoms with van der Waals surface area (Å²) >= 11 is 0. The molecule has 3 rings (SSSR count). The molecule has 2 heterocycles. The van der Waals surface area contributed by atoms with Crippen LogP contribution in [0.1, 0.15) is 5.56 Å². The predicted molar refractivity (Wildman–Crippen MR) is 81.9 cm³/mol. The predicted octanol–water partition coefficient (Wildman–Crippen LogP) is 2.06. The Hall–Kier alpha value is -2.56. The highest BCUT2D eigenvalue weighted by atomic mass is 16.5. The first kappa shape index (κ1) is 14.4. The molecule has 22 heavy (non-hydrogen) atoms. The molecule has 0 aliphatic carbocycles. The molecule has 1 saturated heterocycles. The highest BCUT2D eigenvalue weighted by Crippen LogP contribution is 2.17. The van der Waals surface area contributed by atoms with E-state index in [0.717, 1.165) is 11.3 Å². The number of aromatic nitrogens is 1. The maximum absolute atomic E-state index is 12.0. The molecule has 0 N–H and O–H groups in total. The van der Waals surface area contributed by atoms with Crippen LogP contribution in [0.25, 0.3) is 0 Å². The summed E-state index contributed by atoms with van der Waals surface area (Å²) in [6.45, 7) is 3.20. The summed E-state index contributed by atoms with van der Waals surface area (Å²) < 4.78 is 11.2. The van der Waals surface area contributed by atoms with E-state index in [1.165, 1.54) is 0 Å². The first-order chi connectivity index (χ1) is 10.7. The number of benzene rings is 1. The molecule has 1 fully saturated rings. The fourth-order valence-corrected chi connectivity index (χ4v) is 2.25. The molecule has 1 amide bonds. The Kier molecular flexibility index (Phi) is 4.23. The van der Waals surface area contributed by atoms with E-state index in [4.69, 9.17) is 9.47 Å². The second-order valence-corrected chi connectivity index (χ2v) is 5.31. The molecule has 1 aromatic carbocycles. The lowest BCUT2D eigenvalue weighted by molar-refractivity contribution is -0.142. The van der Waals surface area contributed by atoms with Crippen LogP contribution in [0, 0.1) is 6.92 Å². The Labute approximate surface area is 129 Å². The number of hydrogen-bond donors (Lipinski definition) is 0. The molecule has 0 unspecified atom stereocenters. The number of hydrogen-bond acceptors (Lipinski definition) is 4. The van der Waals surface area contributed by atoms with Gasteiger partial charge in [0.2, 0.25) is 5.88 Å². The van der Waals surface area contributed by atoms with E-state index < -0.39 is 0 Å². The van der Waals surface area contributed by atoms with Crippen LogP contribution in [0.2, 0.25) is 0 Å². The molecule has 0 atom stereocenters. The Morgan fingerprint density at radius 3 is 2.86 bits per heavy atom. The third-order valence-electron chi connectivity index (χ3n) is 3.48. The van der Waals surface area contributed by atoms with Crippen molar-refractivity contribution in [1.82, 2.24) is 9.88 Å². The fraction of sp³-hybridized carbons (Fsp3) is 0.294. The molecule has 1 aliphatic rings. The van der Waals surface area contributed by atoms with Gasteiger partial charge >= 0.3 is 0 Å².